The molecule has 2 aliphatic rings. The van der Waals surface area contributed by atoms with Gasteiger partial charge in [-0.2, -0.15) is 17.6 Å². The Labute approximate surface area is 596 Å². The van der Waals surface area contributed by atoms with Crippen LogP contribution in [0.3, 0.4) is 0 Å². The number of allylic oxidation sites excluding steroid dienone is 3. The van der Waals surface area contributed by atoms with Gasteiger partial charge in [0.25, 0.3) is 11.8 Å². The molecule has 2 unspecified atom stereocenters. The number of halogens is 4. The average molecular weight is 1490 g/mol. The molecule has 1 radical (unpaired) electrons. The van der Waals surface area contributed by atoms with Gasteiger partial charge in [-0.15, -0.1) is 22.1 Å². The number of carbonyl (C=O) groups excluding carboxylic acids is 6. The van der Waals surface area contributed by atoms with Crippen molar-refractivity contribution in [2.75, 3.05) is 52.6 Å². The largest absolute Gasteiger partial charge is 2.00 e. The van der Waals surface area contributed by atoms with Crippen LogP contribution in [-0.4, -0.2) is 167 Å². The van der Waals surface area contributed by atoms with E-state index in [1.54, 1.807) is 52.0 Å². The third-order valence-corrected chi connectivity index (χ3v) is 16.5. The number of nitrogens with one attached hydrogen (secondary N) is 4. The van der Waals surface area contributed by atoms with E-state index in [0.29, 0.717) is 98.5 Å². The van der Waals surface area contributed by atoms with E-state index >= 15 is 17.6 Å². The fourth-order valence-corrected chi connectivity index (χ4v) is 11.1. The summed E-state index contributed by atoms with van der Waals surface area (Å²) in [6.45, 7) is 7.46. The first-order chi connectivity index (χ1) is 48.3. The number of aromatic nitrogens is 8. The minimum atomic E-state index is -4.06. The molecule has 7 rings (SSSR count). The normalized spacial score (nSPS) is 12.8. The standard InChI is InChI=1S/C66H80F4N14O18.Mn/c1-37-43(11-13-53(85)71-19-7-29-101-57(91)17-15-55(87)88)49-34-50-44(12-14-54(86)72-20-8-30-102-58(92)18-16-56(89)90)38(2)46(78-50)32-51-60(42(6)100-28-10-22-74-62(94)66(69,70)36-82-26-24-76-64(82)84(97)98)40(4)48(80-51)33-52-59(39(3)47(79-52)31-45(37)77-49)41(5)99-27-9-21-73-61(93)65(67,68)35-81-25-23-75-63(81)83(95)96;/h23-26,31-34,41-42H,7-22,27-30,35-36H2,1-6H3,(H8,71,72,73,74,77,78,79,80,85,86,87,88,89,90,93,94);/q;+2/p-2. The molecule has 5 aromatic rings. The zero-order valence-electron chi connectivity index (χ0n) is 57.1. The number of alkyl halides is 4. The molecule has 0 spiro atoms. The van der Waals surface area contributed by atoms with E-state index in [-0.39, 0.29) is 146 Å². The second kappa shape index (κ2) is 37.6. The Morgan fingerprint density at radius 1 is 0.553 bits per heavy atom. The number of amides is 4. The van der Waals surface area contributed by atoms with Crippen molar-refractivity contribution in [2.45, 2.75) is 156 Å². The van der Waals surface area contributed by atoms with E-state index in [1.807, 2.05) is 13.8 Å². The van der Waals surface area contributed by atoms with Gasteiger partial charge in [-0.25, -0.2) is 19.1 Å². The topological polar surface area (TPSA) is 438 Å². The summed E-state index contributed by atoms with van der Waals surface area (Å²) in [6, 6.07) is 6.97. The molecule has 2 aliphatic heterocycles. The smallest absolute Gasteiger partial charge is 0.657 e. The van der Waals surface area contributed by atoms with Crippen LogP contribution in [0.5, 0.6) is 0 Å². The van der Waals surface area contributed by atoms with Crippen molar-refractivity contribution in [3.05, 3.63) is 114 Å². The van der Waals surface area contributed by atoms with Crippen molar-refractivity contribution in [3.8, 4) is 0 Å². The van der Waals surface area contributed by atoms with Gasteiger partial charge in [0.2, 0.25) is 11.8 Å². The summed E-state index contributed by atoms with van der Waals surface area (Å²) < 4.78 is 84.2. The number of fused-ring (bicyclic) bond motifs is 8. The summed E-state index contributed by atoms with van der Waals surface area (Å²) in [5.74, 6) is -17.6. The molecule has 5 aromatic heterocycles. The van der Waals surface area contributed by atoms with Crippen LogP contribution in [0.15, 0.2) is 49.1 Å². The van der Waals surface area contributed by atoms with Crippen molar-refractivity contribution < 1.29 is 112 Å². The fraction of sp³-hybridized carbons (Fsp3) is 0.485. The molecule has 0 saturated heterocycles. The van der Waals surface area contributed by atoms with Gasteiger partial charge in [0, 0.05) is 57.8 Å². The number of carboxylic acids is 2. The maximum Gasteiger partial charge on any atom is 2.00 e. The Hall–Kier alpha value is -10.3. The van der Waals surface area contributed by atoms with E-state index in [1.165, 1.54) is 0 Å². The van der Waals surface area contributed by atoms with Crippen LogP contribution in [0.1, 0.15) is 149 Å². The molecule has 8 bridgehead atoms. The minimum absolute atomic E-state index is 0. The monoisotopic (exact) mass is 1490 g/mol. The first-order valence-electron chi connectivity index (χ1n) is 32.6. The van der Waals surface area contributed by atoms with Gasteiger partial charge >= 0.3 is 64.7 Å². The maximum absolute atomic E-state index is 15.1. The zero-order chi connectivity index (χ0) is 74.6. The molecule has 6 N–H and O–H groups in total. The van der Waals surface area contributed by atoms with Crippen molar-refractivity contribution >= 4 is 104 Å². The minimum Gasteiger partial charge on any atom is -0.657 e. The number of nitro groups is 2. The van der Waals surface area contributed by atoms with Crippen LogP contribution in [0.25, 0.3) is 44.4 Å². The van der Waals surface area contributed by atoms with Crippen molar-refractivity contribution in [3.63, 3.8) is 0 Å². The van der Waals surface area contributed by atoms with Gasteiger partial charge in [-0.3, -0.25) is 38.4 Å². The van der Waals surface area contributed by atoms with Crippen LogP contribution in [0.4, 0.5) is 29.5 Å². The molecule has 37 heteroatoms. The van der Waals surface area contributed by atoms with Gasteiger partial charge in [0.1, 0.15) is 37.9 Å². The number of rotatable bonds is 40. The molecule has 0 saturated carbocycles. The molecule has 32 nitrogen and oxygen atoms in total. The number of aliphatic carboxylic acids is 2. The summed E-state index contributed by atoms with van der Waals surface area (Å²) in [5.41, 5.74) is 8.19. The Morgan fingerprint density at radius 3 is 1.50 bits per heavy atom. The molecule has 0 fully saturated rings. The maximum atomic E-state index is 15.1. The summed E-state index contributed by atoms with van der Waals surface area (Å²) in [5, 5.41) is 50.4. The summed E-state index contributed by atoms with van der Waals surface area (Å²) in [6.07, 6.45) is 1.60. The molecule has 2 atom stereocenters. The Bertz CT molecular complexity index is 4220. The van der Waals surface area contributed by atoms with E-state index in [4.69, 9.17) is 49.1 Å². The molecule has 103 heavy (non-hydrogen) atoms. The van der Waals surface area contributed by atoms with Crippen molar-refractivity contribution in [2.24, 2.45) is 0 Å². The number of ether oxygens (including phenoxy) is 4. The van der Waals surface area contributed by atoms with Gasteiger partial charge in [-0.05, 0) is 112 Å². The first kappa shape index (κ1) is 81.7. The van der Waals surface area contributed by atoms with Crippen molar-refractivity contribution in [1.29, 1.82) is 0 Å². The molecule has 7 heterocycles. The molecule has 0 aliphatic carbocycles. The number of aryl methyl sites for hydroxylation is 3. The van der Waals surface area contributed by atoms with E-state index in [2.05, 4.69) is 31.2 Å². The predicted molar refractivity (Wildman–Crippen MR) is 355 cm³/mol. The predicted octanol–water partition coefficient (Wildman–Crippen LogP) is 6.97. The quantitative estimate of drug-likeness (QED) is 0.00576. The Morgan fingerprint density at radius 2 is 0.981 bits per heavy atom. The number of esters is 2. The molecule has 4 amide bonds. The van der Waals surface area contributed by atoms with E-state index < -0.39 is 107 Å². The summed E-state index contributed by atoms with van der Waals surface area (Å²) in [7, 11) is 0. The molecular weight excluding hydrogens is 1410 g/mol. The van der Waals surface area contributed by atoms with E-state index in [0.717, 1.165) is 24.8 Å². The van der Waals surface area contributed by atoms with Crippen LogP contribution in [-0.2, 0) is 93.9 Å². The Kier molecular flexibility index (Phi) is 29.8. The van der Waals surface area contributed by atoms with Gasteiger partial charge in [0.05, 0.1) is 73.9 Å². The van der Waals surface area contributed by atoms with Crippen molar-refractivity contribution in [1.82, 2.24) is 60.3 Å². The summed E-state index contributed by atoms with van der Waals surface area (Å²) >= 11 is 0. The number of carboxylic acid groups (broad SMARTS) is 2. The fourth-order valence-electron chi connectivity index (χ4n) is 11.1. The van der Waals surface area contributed by atoms with Crippen LogP contribution in [0, 0.1) is 34.1 Å². The first-order valence-corrected chi connectivity index (χ1v) is 32.6. The third kappa shape index (κ3) is 22.9. The number of hydrogen-bond donors (Lipinski definition) is 6. The number of nitrogens with zero attached hydrogens (tertiary/aromatic N) is 10. The second-order valence-electron chi connectivity index (χ2n) is 23.9. The number of carbonyl (C=O) groups is 8. The van der Waals surface area contributed by atoms with Gasteiger partial charge in [0.15, 0.2) is 0 Å². The van der Waals surface area contributed by atoms with Crippen LogP contribution in [0.2, 0.25) is 0 Å². The third-order valence-electron chi connectivity index (χ3n) is 16.5. The SMILES string of the molecule is CC1=C(CCC(=O)NCCCOC(=O)CCC(=O)O)c2cc3[n-]c(cc4nc(cc5[n-]c(cc1n2)c(C)c5C(C)OCCCNC(=O)C(F)(F)Cn1ccnc1[N+](=O)[O-])C(C)=C4C(C)OCCCNC(=O)C(F)(F)Cn1ccnc1[N+](=O)[O-])c(C)c3CCC(=O)NCCCOC(=O)CCC(=O)O.[Mn+2]. The summed E-state index contributed by atoms with van der Waals surface area (Å²) in [4.78, 5) is 146. The second-order valence-corrected chi connectivity index (χ2v) is 23.9. The van der Waals surface area contributed by atoms with Gasteiger partial charge < -0.3 is 80.6 Å². The molecular formula is C66H78F4MnN14O18. The number of hydrogen-bond acceptors (Lipinski definition) is 20. The van der Waals surface area contributed by atoms with E-state index in [9.17, 15) is 58.6 Å². The van der Waals surface area contributed by atoms with Crippen LogP contribution >= 0.6 is 0 Å². The van der Waals surface area contributed by atoms with Crippen LogP contribution < -0.4 is 31.2 Å². The molecule has 555 valence electrons. The average Bonchev–Trinajstić information content (AvgIpc) is 1.62. The Balaban J connectivity index is 0.0000167. The van der Waals surface area contributed by atoms with Gasteiger partial charge in [-0.1, -0.05) is 50.9 Å². The zero-order valence-corrected chi connectivity index (χ0v) is 58.3. The number of imidazole rings is 2. The molecule has 0 aromatic carbocycles.